The summed E-state index contributed by atoms with van der Waals surface area (Å²) in [6.07, 6.45) is 4.35. The quantitative estimate of drug-likeness (QED) is 0.898. The Hall–Kier alpha value is -2.63. The van der Waals surface area contributed by atoms with E-state index in [9.17, 15) is 9.59 Å². The molecule has 6 nitrogen and oxygen atoms in total. The zero-order chi connectivity index (χ0) is 14.7. The Balaban J connectivity index is 1.66. The summed E-state index contributed by atoms with van der Waals surface area (Å²) in [6.45, 7) is 1.36. The second kappa shape index (κ2) is 5.78. The number of carbonyl (C=O) groups excluding carboxylic acids is 2. The highest BCUT2D eigenvalue weighted by Gasteiger charge is 2.19. The van der Waals surface area contributed by atoms with Crippen molar-refractivity contribution in [2.75, 3.05) is 25.0 Å². The maximum Gasteiger partial charge on any atom is 0.317 e. The number of amides is 3. The Morgan fingerprint density at radius 1 is 1.33 bits per heavy atom. The molecule has 6 heteroatoms. The summed E-state index contributed by atoms with van der Waals surface area (Å²) < 4.78 is 0. The fourth-order valence-electron chi connectivity index (χ4n) is 2.36. The van der Waals surface area contributed by atoms with Crippen LogP contribution in [0.3, 0.4) is 0 Å². The van der Waals surface area contributed by atoms with Gasteiger partial charge >= 0.3 is 6.03 Å². The molecule has 1 aromatic carbocycles. The number of urea groups is 1. The fourth-order valence-corrected chi connectivity index (χ4v) is 2.36. The van der Waals surface area contributed by atoms with Crippen molar-refractivity contribution < 1.29 is 9.59 Å². The van der Waals surface area contributed by atoms with Crippen molar-refractivity contribution in [3.63, 3.8) is 0 Å². The first-order chi connectivity index (χ1) is 10.2. The van der Waals surface area contributed by atoms with Crippen molar-refractivity contribution >= 4 is 28.4 Å². The molecule has 0 spiro atoms. The molecule has 108 valence electrons. The van der Waals surface area contributed by atoms with Gasteiger partial charge in [0, 0.05) is 36.6 Å². The normalized spacial score (nSPS) is 14.9. The molecule has 2 N–H and O–H groups in total. The maximum absolute atomic E-state index is 12.0. The van der Waals surface area contributed by atoms with Crippen molar-refractivity contribution in [3.8, 4) is 0 Å². The number of hydrogen-bond donors (Lipinski definition) is 2. The predicted molar refractivity (Wildman–Crippen MR) is 80.0 cm³/mol. The lowest BCUT2D eigenvalue weighted by Gasteiger charge is -2.26. The molecule has 21 heavy (non-hydrogen) atoms. The summed E-state index contributed by atoms with van der Waals surface area (Å²) in [4.78, 5) is 29.2. The van der Waals surface area contributed by atoms with Crippen molar-refractivity contribution in [1.29, 1.82) is 0 Å². The van der Waals surface area contributed by atoms with Crippen LogP contribution in [-0.2, 0) is 4.79 Å². The largest absolute Gasteiger partial charge is 0.338 e. The SMILES string of the molecule is O=C(CN1CCCNC1=O)Nc1ccc2cnccc2c1. The fraction of sp³-hybridized carbons (Fsp3) is 0.267. The van der Waals surface area contributed by atoms with Crippen LogP contribution in [0.1, 0.15) is 6.42 Å². The number of hydrogen-bond acceptors (Lipinski definition) is 3. The first-order valence-corrected chi connectivity index (χ1v) is 6.89. The highest BCUT2D eigenvalue weighted by atomic mass is 16.2. The molecule has 1 aromatic heterocycles. The third-order valence-corrected chi connectivity index (χ3v) is 3.43. The molecule has 0 atom stereocenters. The van der Waals surface area contributed by atoms with Gasteiger partial charge in [0.1, 0.15) is 6.54 Å². The van der Waals surface area contributed by atoms with Gasteiger partial charge in [0.25, 0.3) is 0 Å². The van der Waals surface area contributed by atoms with Crippen LogP contribution < -0.4 is 10.6 Å². The Morgan fingerprint density at radius 2 is 2.24 bits per heavy atom. The average Bonchev–Trinajstić information content (AvgIpc) is 2.49. The summed E-state index contributed by atoms with van der Waals surface area (Å²) >= 11 is 0. The molecule has 2 heterocycles. The predicted octanol–water partition coefficient (Wildman–Crippen LogP) is 1.59. The van der Waals surface area contributed by atoms with Crippen LogP contribution in [-0.4, -0.2) is 41.5 Å². The average molecular weight is 284 g/mol. The minimum atomic E-state index is -0.194. The van der Waals surface area contributed by atoms with E-state index < -0.39 is 0 Å². The molecule has 0 radical (unpaired) electrons. The number of carbonyl (C=O) groups is 2. The molecule has 1 saturated heterocycles. The van der Waals surface area contributed by atoms with Crippen LogP contribution in [0.4, 0.5) is 10.5 Å². The standard InChI is InChI=1S/C15H16N4O2/c20-14(10-19-7-1-5-17-15(19)21)18-13-3-2-12-9-16-6-4-11(12)8-13/h2-4,6,8-9H,1,5,7,10H2,(H,17,21)(H,18,20). The molecular formula is C15H16N4O2. The molecule has 0 bridgehead atoms. The van der Waals surface area contributed by atoms with Gasteiger partial charge in [-0.2, -0.15) is 0 Å². The van der Waals surface area contributed by atoms with Gasteiger partial charge in [0.2, 0.25) is 5.91 Å². The molecule has 3 rings (SSSR count). The number of nitrogens with one attached hydrogen (secondary N) is 2. The number of pyridine rings is 1. The van der Waals surface area contributed by atoms with Crippen molar-refractivity contribution in [2.24, 2.45) is 0 Å². The zero-order valence-electron chi connectivity index (χ0n) is 11.5. The van der Waals surface area contributed by atoms with Gasteiger partial charge < -0.3 is 15.5 Å². The van der Waals surface area contributed by atoms with Gasteiger partial charge in [-0.15, -0.1) is 0 Å². The second-order valence-corrected chi connectivity index (χ2v) is 4.99. The summed E-state index contributed by atoms with van der Waals surface area (Å²) in [6, 6.07) is 7.35. The lowest BCUT2D eigenvalue weighted by molar-refractivity contribution is -0.116. The number of benzene rings is 1. The smallest absolute Gasteiger partial charge is 0.317 e. The number of nitrogens with zero attached hydrogens (tertiary/aromatic N) is 2. The Kier molecular flexibility index (Phi) is 3.68. The van der Waals surface area contributed by atoms with Gasteiger partial charge in [0.05, 0.1) is 0 Å². The molecule has 1 aliphatic heterocycles. The van der Waals surface area contributed by atoms with Crippen LogP contribution in [0.5, 0.6) is 0 Å². The maximum atomic E-state index is 12.0. The molecule has 0 unspecified atom stereocenters. The van der Waals surface area contributed by atoms with E-state index in [1.165, 1.54) is 4.90 Å². The molecule has 3 amide bonds. The van der Waals surface area contributed by atoms with E-state index in [0.717, 1.165) is 22.9 Å². The lowest BCUT2D eigenvalue weighted by Crippen LogP contribution is -2.49. The number of aromatic nitrogens is 1. The number of rotatable bonds is 3. The zero-order valence-corrected chi connectivity index (χ0v) is 11.5. The van der Waals surface area contributed by atoms with Crippen LogP contribution in [0, 0.1) is 0 Å². The van der Waals surface area contributed by atoms with Crippen LogP contribution in [0.15, 0.2) is 36.7 Å². The van der Waals surface area contributed by atoms with Gasteiger partial charge in [-0.25, -0.2) is 4.79 Å². The Bertz CT molecular complexity index is 686. The van der Waals surface area contributed by atoms with Crippen molar-refractivity contribution in [1.82, 2.24) is 15.2 Å². The molecule has 0 saturated carbocycles. The Labute approximate surface area is 122 Å². The number of fused-ring (bicyclic) bond motifs is 1. The van der Waals surface area contributed by atoms with Crippen LogP contribution >= 0.6 is 0 Å². The van der Waals surface area contributed by atoms with Gasteiger partial charge in [0.15, 0.2) is 0 Å². The minimum Gasteiger partial charge on any atom is -0.338 e. The summed E-state index contributed by atoms with van der Waals surface area (Å²) in [5, 5.41) is 7.58. The topological polar surface area (TPSA) is 74.3 Å². The Morgan fingerprint density at radius 3 is 3.10 bits per heavy atom. The van der Waals surface area contributed by atoms with E-state index in [2.05, 4.69) is 15.6 Å². The van der Waals surface area contributed by atoms with E-state index in [1.54, 1.807) is 12.4 Å². The second-order valence-electron chi connectivity index (χ2n) is 4.99. The lowest BCUT2D eigenvalue weighted by atomic mass is 10.1. The van der Waals surface area contributed by atoms with E-state index in [4.69, 9.17) is 0 Å². The molecular weight excluding hydrogens is 268 g/mol. The molecule has 2 aromatic rings. The highest BCUT2D eigenvalue weighted by Crippen LogP contribution is 2.17. The van der Waals surface area contributed by atoms with Crippen LogP contribution in [0.2, 0.25) is 0 Å². The highest BCUT2D eigenvalue weighted by molar-refractivity contribution is 5.96. The number of anilines is 1. The third kappa shape index (κ3) is 3.10. The van der Waals surface area contributed by atoms with E-state index >= 15 is 0 Å². The molecule has 1 aliphatic rings. The minimum absolute atomic E-state index is 0.0697. The van der Waals surface area contributed by atoms with Gasteiger partial charge in [-0.1, -0.05) is 6.07 Å². The summed E-state index contributed by atoms with van der Waals surface area (Å²) in [7, 11) is 0. The third-order valence-electron chi connectivity index (χ3n) is 3.43. The monoisotopic (exact) mass is 284 g/mol. The van der Waals surface area contributed by atoms with Crippen LogP contribution in [0.25, 0.3) is 10.8 Å². The van der Waals surface area contributed by atoms with Gasteiger partial charge in [-0.3, -0.25) is 9.78 Å². The van der Waals surface area contributed by atoms with Gasteiger partial charge in [-0.05, 0) is 30.0 Å². The summed E-state index contributed by atoms with van der Waals surface area (Å²) in [5.74, 6) is -0.194. The van der Waals surface area contributed by atoms with Crippen molar-refractivity contribution in [3.05, 3.63) is 36.7 Å². The van der Waals surface area contributed by atoms with E-state index in [-0.39, 0.29) is 18.5 Å². The first kappa shape index (κ1) is 13.4. The first-order valence-electron chi connectivity index (χ1n) is 6.89. The molecule has 0 aliphatic carbocycles. The summed E-state index contributed by atoms with van der Waals surface area (Å²) in [5.41, 5.74) is 0.719. The molecule has 1 fully saturated rings. The van der Waals surface area contributed by atoms with E-state index in [1.807, 2.05) is 24.3 Å². The van der Waals surface area contributed by atoms with E-state index in [0.29, 0.717) is 13.1 Å². The van der Waals surface area contributed by atoms with Crippen molar-refractivity contribution in [2.45, 2.75) is 6.42 Å².